The first-order chi connectivity index (χ1) is 4.48. The molecule has 0 aromatic carbocycles. The molecule has 0 aliphatic carbocycles. The predicted octanol–water partition coefficient (Wildman–Crippen LogP) is 0.269. The van der Waals surface area contributed by atoms with Gasteiger partial charge in [0.05, 0.1) is 0 Å². The largest absolute Gasteiger partial charge is 0.369 e. The maximum atomic E-state index is 10.1. The van der Waals surface area contributed by atoms with Crippen molar-refractivity contribution in [2.75, 3.05) is 0 Å². The van der Waals surface area contributed by atoms with Crippen LogP contribution in [0, 0.1) is 5.92 Å². The highest BCUT2D eigenvalue weighted by Crippen LogP contribution is 2.09. The van der Waals surface area contributed by atoms with Crippen LogP contribution < -0.4 is 5.73 Å². The number of aldehydes is 1. The van der Waals surface area contributed by atoms with E-state index < -0.39 is 5.72 Å². The molecule has 0 fully saturated rings. The van der Waals surface area contributed by atoms with Gasteiger partial charge in [0.15, 0.2) is 12.0 Å². The average molecular weight is 145 g/mol. The molecule has 0 aromatic heterocycles. The number of carbonyl (C=O) groups excluding carboxylic acids is 1. The fourth-order valence-electron chi connectivity index (χ4n) is 0.579. The number of hydrogen-bond acceptors (Lipinski definition) is 3. The van der Waals surface area contributed by atoms with Crippen LogP contribution in [0.3, 0.4) is 0 Å². The van der Waals surface area contributed by atoms with E-state index in [2.05, 4.69) is 0 Å². The molecule has 3 N–H and O–H groups in total. The maximum absolute atomic E-state index is 10.1. The van der Waals surface area contributed by atoms with E-state index in [0.29, 0.717) is 18.6 Å². The van der Waals surface area contributed by atoms with Gasteiger partial charge >= 0.3 is 0 Å². The van der Waals surface area contributed by atoms with Gasteiger partial charge < -0.3 is 5.11 Å². The van der Waals surface area contributed by atoms with Crippen molar-refractivity contribution < 1.29 is 9.90 Å². The second kappa shape index (κ2) is 3.68. The Hall–Kier alpha value is -0.410. The molecule has 10 heavy (non-hydrogen) atoms. The number of hydrogen-bond donors (Lipinski definition) is 2. The van der Waals surface area contributed by atoms with Crippen molar-refractivity contribution in [1.29, 1.82) is 0 Å². The summed E-state index contributed by atoms with van der Waals surface area (Å²) in [6, 6.07) is 0. The summed E-state index contributed by atoms with van der Waals surface area (Å²) in [5, 5.41) is 8.98. The van der Waals surface area contributed by atoms with E-state index in [1.807, 2.05) is 13.8 Å². The fourth-order valence-corrected chi connectivity index (χ4v) is 0.579. The molecule has 0 heterocycles. The van der Waals surface area contributed by atoms with Crippen LogP contribution >= 0.6 is 0 Å². The lowest BCUT2D eigenvalue weighted by Gasteiger charge is -2.16. The number of aliphatic hydroxyl groups is 1. The molecule has 60 valence electrons. The van der Waals surface area contributed by atoms with Crippen molar-refractivity contribution >= 4 is 6.29 Å². The summed E-state index contributed by atoms with van der Waals surface area (Å²) in [6.45, 7) is 4.03. The quantitative estimate of drug-likeness (QED) is 0.441. The molecule has 0 amide bonds. The van der Waals surface area contributed by atoms with E-state index in [-0.39, 0.29) is 0 Å². The number of nitrogens with two attached hydrogens (primary N) is 1. The maximum Gasteiger partial charge on any atom is 0.170 e. The first-order valence-corrected chi connectivity index (χ1v) is 3.45. The highest BCUT2D eigenvalue weighted by molar-refractivity contribution is 5.60. The normalized spacial score (nSPS) is 16.9. The molecule has 0 radical (unpaired) electrons. The average Bonchev–Trinajstić information content (AvgIpc) is 1.85. The highest BCUT2D eigenvalue weighted by Gasteiger charge is 2.18. The van der Waals surface area contributed by atoms with E-state index in [0.717, 1.165) is 6.42 Å². The van der Waals surface area contributed by atoms with Crippen LogP contribution in [-0.2, 0) is 4.79 Å². The second-order valence-electron chi connectivity index (χ2n) is 3.04. The first-order valence-electron chi connectivity index (χ1n) is 3.45. The van der Waals surface area contributed by atoms with Crippen LogP contribution in [0.25, 0.3) is 0 Å². The number of rotatable bonds is 4. The smallest absolute Gasteiger partial charge is 0.170 e. The lowest BCUT2D eigenvalue weighted by molar-refractivity contribution is -0.124. The minimum absolute atomic E-state index is 0.341. The van der Waals surface area contributed by atoms with Crippen LogP contribution in [0.2, 0.25) is 0 Å². The summed E-state index contributed by atoms with van der Waals surface area (Å²) in [4.78, 5) is 10.1. The van der Waals surface area contributed by atoms with Gasteiger partial charge in [0, 0.05) is 0 Å². The van der Waals surface area contributed by atoms with Crippen molar-refractivity contribution in [2.45, 2.75) is 32.4 Å². The Morgan fingerprint density at radius 2 is 2.20 bits per heavy atom. The van der Waals surface area contributed by atoms with Gasteiger partial charge in [0.2, 0.25) is 0 Å². The predicted molar refractivity (Wildman–Crippen MR) is 39.3 cm³/mol. The summed E-state index contributed by atoms with van der Waals surface area (Å²) in [7, 11) is 0. The van der Waals surface area contributed by atoms with Gasteiger partial charge in [0.25, 0.3) is 0 Å². The van der Waals surface area contributed by atoms with Gasteiger partial charge in [0.1, 0.15) is 0 Å². The van der Waals surface area contributed by atoms with E-state index in [4.69, 9.17) is 10.8 Å². The van der Waals surface area contributed by atoms with E-state index in [1.54, 1.807) is 0 Å². The van der Waals surface area contributed by atoms with Crippen molar-refractivity contribution in [1.82, 2.24) is 0 Å². The molecule has 0 aromatic rings. The van der Waals surface area contributed by atoms with Gasteiger partial charge in [-0.1, -0.05) is 13.8 Å². The highest BCUT2D eigenvalue weighted by atomic mass is 16.3. The molecule has 0 rings (SSSR count). The van der Waals surface area contributed by atoms with Crippen molar-refractivity contribution in [3.8, 4) is 0 Å². The Morgan fingerprint density at radius 3 is 2.50 bits per heavy atom. The third-order valence-corrected chi connectivity index (χ3v) is 1.33. The zero-order valence-electron chi connectivity index (χ0n) is 6.50. The molecular formula is C7H15NO2. The Balaban J connectivity index is 3.56. The lowest BCUT2D eigenvalue weighted by Crippen LogP contribution is -2.41. The summed E-state index contributed by atoms with van der Waals surface area (Å²) in [5.74, 6) is 0.468. The third-order valence-electron chi connectivity index (χ3n) is 1.33. The van der Waals surface area contributed by atoms with Crippen molar-refractivity contribution in [3.05, 3.63) is 0 Å². The second-order valence-corrected chi connectivity index (χ2v) is 3.04. The Bertz CT molecular complexity index is 110. The third kappa shape index (κ3) is 4.47. The zero-order chi connectivity index (χ0) is 8.20. The summed E-state index contributed by atoms with van der Waals surface area (Å²) in [6.07, 6.45) is 1.50. The molecule has 0 aliphatic heterocycles. The summed E-state index contributed by atoms with van der Waals surface area (Å²) >= 11 is 0. The monoisotopic (exact) mass is 145 g/mol. The molecule has 1 unspecified atom stereocenters. The molecule has 1 atom stereocenters. The minimum Gasteiger partial charge on any atom is -0.369 e. The van der Waals surface area contributed by atoms with Crippen LogP contribution in [-0.4, -0.2) is 17.1 Å². The Morgan fingerprint density at radius 1 is 1.70 bits per heavy atom. The summed E-state index contributed by atoms with van der Waals surface area (Å²) < 4.78 is 0. The lowest BCUT2D eigenvalue weighted by atomic mass is 10.0. The van der Waals surface area contributed by atoms with Gasteiger partial charge in [-0.25, -0.2) is 0 Å². The Labute approximate surface area is 61.2 Å². The van der Waals surface area contributed by atoms with Crippen LogP contribution in [0.5, 0.6) is 0 Å². The topological polar surface area (TPSA) is 63.3 Å². The molecule has 3 nitrogen and oxygen atoms in total. The summed E-state index contributed by atoms with van der Waals surface area (Å²) in [5.41, 5.74) is 3.54. The number of carbonyl (C=O) groups is 1. The van der Waals surface area contributed by atoms with Gasteiger partial charge in [-0.15, -0.1) is 0 Å². The van der Waals surface area contributed by atoms with Gasteiger partial charge in [-0.2, -0.15) is 0 Å². The molecule has 0 saturated carbocycles. The fraction of sp³-hybridized carbons (Fsp3) is 0.857. The standard InChI is InChI=1S/C7H15NO2/c1-6(2)3-4-7(8,10)5-9/h5-6,10H,3-4,8H2,1-2H3. The molecular weight excluding hydrogens is 130 g/mol. The van der Waals surface area contributed by atoms with Crippen LogP contribution in [0.4, 0.5) is 0 Å². The molecule has 3 heteroatoms. The SMILES string of the molecule is CC(C)CCC(N)(O)C=O. The minimum atomic E-state index is -1.61. The van der Waals surface area contributed by atoms with E-state index in [1.165, 1.54) is 0 Å². The van der Waals surface area contributed by atoms with E-state index >= 15 is 0 Å². The molecule has 0 spiro atoms. The van der Waals surface area contributed by atoms with Gasteiger partial charge in [-0.05, 0) is 18.8 Å². The molecule has 0 aliphatic rings. The van der Waals surface area contributed by atoms with Crippen LogP contribution in [0.1, 0.15) is 26.7 Å². The molecule has 0 bridgehead atoms. The molecule has 0 saturated heterocycles. The van der Waals surface area contributed by atoms with Crippen molar-refractivity contribution in [3.63, 3.8) is 0 Å². The van der Waals surface area contributed by atoms with Gasteiger partial charge in [-0.3, -0.25) is 10.5 Å². The zero-order valence-corrected chi connectivity index (χ0v) is 6.50. The van der Waals surface area contributed by atoms with E-state index in [9.17, 15) is 4.79 Å². The first kappa shape index (κ1) is 9.59. The van der Waals surface area contributed by atoms with Crippen LogP contribution in [0.15, 0.2) is 0 Å². The van der Waals surface area contributed by atoms with Crippen molar-refractivity contribution in [2.24, 2.45) is 11.7 Å². The Kier molecular flexibility index (Phi) is 3.53.